The lowest BCUT2D eigenvalue weighted by Gasteiger charge is -2.25. The summed E-state index contributed by atoms with van der Waals surface area (Å²) in [6, 6.07) is 20.8. The summed E-state index contributed by atoms with van der Waals surface area (Å²) in [4.78, 5) is 27.4. The van der Waals surface area contributed by atoms with Crippen molar-refractivity contribution in [2.45, 2.75) is 12.6 Å². The van der Waals surface area contributed by atoms with Crippen LogP contribution in [0.25, 0.3) is 5.76 Å². The molecule has 186 valence electrons. The summed E-state index contributed by atoms with van der Waals surface area (Å²) >= 11 is 6.12. The topological polar surface area (TPSA) is 85.3 Å². The number of ether oxygens (including phenoxy) is 3. The van der Waals surface area contributed by atoms with Gasteiger partial charge < -0.3 is 24.2 Å². The van der Waals surface area contributed by atoms with Gasteiger partial charge in [0.25, 0.3) is 11.7 Å². The number of amides is 1. The Labute approximate surface area is 214 Å². The quantitative estimate of drug-likeness (QED) is 0.249. The lowest BCUT2D eigenvalue weighted by atomic mass is 9.95. The van der Waals surface area contributed by atoms with Crippen LogP contribution in [0.1, 0.15) is 22.7 Å². The molecule has 1 saturated heterocycles. The van der Waals surface area contributed by atoms with E-state index >= 15 is 0 Å². The molecule has 1 aliphatic rings. The Balaban J connectivity index is 1.70. The lowest BCUT2D eigenvalue weighted by Crippen LogP contribution is -2.32. The number of rotatable bonds is 9. The molecule has 7 nitrogen and oxygen atoms in total. The van der Waals surface area contributed by atoms with Gasteiger partial charge in [0.05, 0.1) is 30.4 Å². The van der Waals surface area contributed by atoms with E-state index in [0.717, 1.165) is 5.56 Å². The molecule has 0 aliphatic carbocycles. The summed E-state index contributed by atoms with van der Waals surface area (Å²) in [7, 11) is 2.97. The van der Waals surface area contributed by atoms with Crippen molar-refractivity contribution in [3.63, 3.8) is 0 Å². The number of hydrogen-bond acceptors (Lipinski definition) is 6. The molecule has 1 heterocycles. The summed E-state index contributed by atoms with van der Waals surface area (Å²) < 4.78 is 16.3. The van der Waals surface area contributed by atoms with Crippen LogP contribution in [-0.2, 0) is 20.9 Å². The Kier molecular flexibility index (Phi) is 7.93. The largest absolute Gasteiger partial charge is 0.507 e. The third-order valence-electron chi connectivity index (χ3n) is 5.94. The fourth-order valence-electron chi connectivity index (χ4n) is 4.10. The van der Waals surface area contributed by atoms with E-state index < -0.39 is 17.7 Å². The van der Waals surface area contributed by atoms with Crippen LogP contribution in [0.5, 0.6) is 11.5 Å². The van der Waals surface area contributed by atoms with Gasteiger partial charge in [-0.25, -0.2) is 0 Å². The van der Waals surface area contributed by atoms with Crippen LogP contribution in [0.3, 0.4) is 0 Å². The van der Waals surface area contributed by atoms with Crippen LogP contribution in [0, 0.1) is 0 Å². The van der Waals surface area contributed by atoms with Crippen molar-refractivity contribution in [2.24, 2.45) is 0 Å². The molecule has 0 aromatic heterocycles. The molecular weight excluding hydrogens is 482 g/mol. The fourth-order valence-corrected chi connectivity index (χ4v) is 4.29. The van der Waals surface area contributed by atoms with Gasteiger partial charge >= 0.3 is 0 Å². The van der Waals surface area contributed by atoms with Gasteiger partial charge in [0.15, 0.2) is 0 Å². The maximum absolute atomic E-state index is 13.1. The van der Waals surface area contributed by atoms with Gasteiger partial charge in [-0.05, 0) is 41.5 Å². The van der Waals surface area contributed by atoms with Crippen molar-refractivity contribution in [2.75, 3.05) is 27.4 Å². The van der Waals surface area contributed by atoms with Gasteiger partial charge in [0, 0.05) is 19.2 Å². The van der Waals surface area contributed by atoms with Crippen LogP contribution in [-0.4, -0.2) is 49.1 Å². The van der Waals surface area contributed by atoms with Gasteiger partial charge in [0.2, 0.25) is 0 Å². The fraction of sp³-hybridized carbons (Fsp3) is 0.214. The first-order chi connectivity index (χ1) is 17.4. The highest BCUT2D eigenvalue weighted by Crippen LogP contribution is 2.40. The molecule has 1 atom stereocenters. The Bertz CT molecular complexity index is 1270. The van der Waals surface area contributed by atoms with E-state index in [2.05, 4.69) is 0 Å². The molecule has 1 fully saturated rings. The minimum Gasteiger partial charge on any atom is -0.507 e. The molecule has 0 saturated carbocycles. The monoisotopic (exact) mass is 507 g/mol. The van der Waals surface area contributed by atoms with Crippen LogP contribution in [0.4, 0.5) is 0 Å². The Morgan fingerprint density at radius 2 is 1.72 bits per heavy atom. The third-order valence-corrected chi connectivity index (χ3v) is 6.26. The first-order valence-electron chi connectivity index (χ1n) is 11.3. The Morgan fingerprint density at radius 1 is 1.00 bits per heavy atom. The zero-order chi connectivity index (χ0) is 25.7. The summed E-state index contributed by atoms with van der Waals surface area (Å²) in [6.45, 7) is 0.820. The maximum Gasteiger partial charge on any atom is 0.295 e. The minimum absolute atomic E-state index is 0.0153. The first kappa shape index (κ1) is 25.3. The average Bonchev–Trinajstić information content (AvgIpc) is 3.16. The molecule has 8 heteroatoms. The number of hydrogen-bond donors (Lipinski definition) is 1. The normalized spacial score (nSPS) is 16.9. The number of Topliss-reactive ketones (excluding diaryl/α,β-unsaturated/α-hetero) is 1. The van der Waals surface area contributed by atoms with Crippen LogP contribution >= 0.6 is 11.6 Å². The number of halogens is 1. The molecule has 3 aromatic carbocycles. The van der Waals surface area contributed by atoms with E-state index in [1.807, 2.05) is 30.3 Å². The number of benzene rings is 3. The smallest absolute Gasteiger partial charge is 0.295 e. The zero-order valence-electron chi connectivity index (χ0n) is 19.9. The standard InChI is InChI=1S/C28H26ClNO6/c1-34-15-14-30-25(19-8-11-21(12-9-19)36-17-18-6-4-3-5-7-18)24(27(32)28(30)33)26(31)20-10-13-22(29)23(16-20)35-2/h3-13,16,25,31H,14-15,17H2,1-2H3/b26-24-. The molecule has 0 radical (unpaired) electrons. The second-order valence-corrected chi connectivity index (χ2v) is 8.59. The SMILES string of the molecule is COCCN1C(=O)C(=O)/C(=C(\O)c2ccc(Cl)c(OC)c2)C1c1ccc(OCc2ccccc2)cc1. The van der Waals surface area contributed by atoms with Gasteiger partial charge in [-0.3, -0.25) is 9.59 Å². The zero-order valence-corrected chi connectivity index (χ0v) is 20.7. The van der Waals surface area contributed by atoms with E-state index in [-0.39, 0.29) is 24.5 Å². The molecule has 1 aliphatic heterocycles. The minimum atomic E-state index is -0.801. The predicted octanol–water partition coefficient (Wildman–Crippen LogP) is 5.00. The van der Waals surface area contributed by atoms with E-state index in [9.17, 15) is 14.7 Å². The molecule has 36 heavy (non-hydrogen) atoms. The Morgan fingerprint density at radius 3 is 2.39 bits per heavy atom. The van der Waals surface area contributed by atoms with Crippen molar-refractivity contribution < 1.29 is 28.9 Å². The summed E-state index contributed by atoms with van der Waals surface area (Å²) in [5, 5.41) is 11.5. The average molecular weight is 508 g/mol. The molecule has 1 amide bonds. The van der Waals surface area contributed by atoms with E-state index in [0.29, 0.717) is 34.3 Å². The molecule has 0 bridgehead atoms. The highest BCUT2D eigenvalue weighted by Gasteiger charge is 2.45. The number of aliphatic hydroxyl groups is 1. The molecule has 1 N–H and O–H groups in total. The first-order valence-corrected chi connectivity index (χ1v) is 11.7. The number of likely N-dealkylation sites (tertiary alicyclic amines) is 1. The summed E-state index contributed by atoms with van der Waals surface area (Å²) in [5.74, 6) is -0.807. The van der Waals surface area contributed by atoms with Gasteiger partial charge in [-0.2, -0.15) is 0 Å². The summed E-state index contributed by atoms with van der Waals surface area (Å²) in [5.41, 5.74) is 1.99. The molecule has 1 unspecified atom stereocenters. The third kappa shape index (κ3) is 5.22. The van der Waals surface area contributed by atoms with Crippen LogP contribution < -0.4 is 9.47 Å². The van der Waals surface area contributed by atoms with Crippen LogP contribution in [0.2, 0.25) is 5.02 Å². The number of aliphatic hydroxyl groups excluding tert-OH is 1. The van der Waals surface area contributed by atoms with Crippen molar-refractivity contribution in [1.82, 2.24) is 4.90 Å². The van der Waals surface area contributed by atoms with Crippen molar-refractivity contribution in [3.8, 4) is 11.5 Å². The number of carbonyl (C=O) groups is 2. The van der Waals surface area contributed by atoms with Gasteiger partial charge in [0.1, 0.15) is 23.9 Å². The number of ketones is 1. The molecule has 0 spiro atoms. The lowest BCUT2D eigenvalue weighted by molar-refractivity contribution is -0.140. The van der Waals surface area contributed by atoms with E-state index in [1.54, 1.807) is 36.4 Å². The highest BCUT2D eigenvalue weighted by atomic mass is 35.5. The van der Waals surface area contributed by atoms with E-state index in [1.165, 1.54) is 25.2 Å². The van der Waals surface area contributed by atoms with Crippen LogP contribution in [0.15, 0.2) is 78.4 Å². The number of methoxy groups -OCH3 is 2. The second-order valence-electron chi connectivity index (χ2n) is 8.18. The number of nitrogens with zero attached hydrogens (tertiary/aromatic N) is 1. The van der Waals surface area contributed by atoms with Gasteiger partial charge in [-0.15, -0.1) is 0 Å². The highest BCUT2D eigenvalue weighted by molar-refractivity contribution is 6.46. The molecule has 4 rings (SSSR count). The van der Waals surface area contributed by atoms with Crippen molar-refractivity contribution in [3.05, 3.63) is 100 Å². The molecular formula is C28H26ClNO6. The summed E-state index contributed by atoms with van der Waals surface area (Å²) in [6.07, 6.45) is 0. The Hall–Kier alpha value is -3.81. The second kappa shape index (κ2) is 11.3. The molecule has 3 aromatic rings. The maximum atomic E-state index is 13.1. The van der Waals surface area contributed by atoms with E-state index in [4.69, 9.17) is 25.8 Å². The van der Waals surface area contributed by atoms with Crippen molar-refractivity contribution in [1.29, 1.82) is 0 Å². The van der Waals surface area contributed by atoms with Crippen molar-refractivity contribution >= 4 is 29.1 Å². The predicted molar refractivity (Wildman–Crippen MR) is 136 cm³/mol. The van der Waals surface area contributed by atoms with Gasteiger partial charge in [-0.1, -0.05) is 54.1 Å². The number of carbonyl (C=O) groups excluding carboxylic acids is 2.